The topological polar surface area (TPSA) is 226 Å². The van der Waals surface area contributed by atoms with Gasteiger partial charge in [-0.1, -0.05) is 200 Å². The summed E-state index contributed by atoms with van der Waals surface area (Å²) in [4.78, 5) is 44.4. The summed E-state index contributed by atoms with van der Waals surface area (Å²) in [5.74, 6) is 2.29. The number of phenols is 1. The first-order chi connectivity index (χ1) is 52.4. The number of aliphatic hydroxyl groups excluding tert-OH is 2. The van der Waals surface area contributed by atoms with E-state index in [-0.39, 0.29) is 42.3 Å². The number of aromatic hydroxyl groups is 1. The number of carboxylic acids is 1. The Balaban J connectivity index is 0.000000155. The SMILES string of the molecule is CCOc1cc(O[C@H]2CCc3c(-c4ccccc4)cccc32)c(Cl)cc1C=O.CCOc1cc(O[C@H]2CCc3c(-c4ccccc4)cccc32)c(Cl)cc1CN[C@@H](CO)C(=O)O.CCOc1cc(O[C@H]2CCc3c(Br)cccc32)c(Cl)cc1C=O.CO.O=Cc1cc(Cl)c(O[C@H]2CCc3c(Br)cccc32)cc1O. The van der Waals surface area contributed by atoms with Crippen LogP contribution in [0.15, 0.2) is 191 Å². The molecule has 0 fully saturated rings. The number of benzene rings is 10. The Bertz CT molecular complexity index is 4800. The summed E-state index contributed by atoms with van der Waals surface area (Å²) in [6, 6.07) is 57.4. The second kappa shape index (κ2) is 39.4. The van der Waals surface area contributed by atoms with Crippen molar-refractivity contribution in [2.75, 3.05) is 33.5 Å². The molecule has 0 unspecified atom stereocenters. The van der Waals surface area contributed by atoms with E-state index in [9.17, 15) is 29.4 Å². The number of aliphatic carboxylic acids is 1. The van der Waals surface area contributed by atoms with Crippen LogP contribution >= 0.6 is 78.3 Å². The van der Waals surface area contributed by atoms with Crippen LogP contribution in [-0.2, 0) is 37.0 Å². The predicted molar refractivity (Wildman–Crippen MR) is 429 cm³/mol. The fourth-order valence-corrected chi connectivity index (χ4v) is 15.6. The molecule has 5 N–H and O–H groups in total. The number of ether oxygens (including phenoxy) is 7. The van der Waals surface area contributed by atoms with Crippen molar-refractivity contribution in [3.8, 4) is 68.2 Å². The van der Waals surface area contributed by atoms with Gasteiger partial charge in [0.25, 0.3) is 0 Å². The number of carbonyl (C=O) groups is 4. The zero-order valence-corrected chi connectivity index (χ0v) is 65.9. The molecule has 108 heavy (non-hydrogen) atoms. The van der Waals surface area contributed by atoms with E-state index in [1.165, 1.54) is 67.8 Å². The van der Waals surface area contributed by atoms with Crippen LogP contribution in [0.3, 0.4) is 0 Å². The Kier molecular flexibility index (Phi) is 29.8. The minimum atomic E-state index is -1.12. The van der Waals surface area contributed by atoms with Gasteiger partial charge in [0.05, 0.1) is 63.2 Å². The van der Waals surface area contributed by atoms with E-state index >= 15 is 0 Å². The second-order valence-electron chi connectivity index (χ2n) is 25.2. The number of halogens is 6. The molecule has 562 valence electrons. The summed E-state index contributed by atoms with van der Waals surface area (Å²) in [7, 11) is 1.00. The van der Waals surface area contributed by atoms with Gasteiger partial charge >= 0.3 is 5.97 Å². The highest BCUT2D eigenvalue weighted by molar-refractivity contribution is 9.10. The third-order valence-corrected chi connectivity index (χ3v) is 21.3. The minimum Gasteiger partial charge on any atom is -0.507 e. The second-order valence-corrected chi connectivity index (χ2v) is 28.5. The van der Waals surface area contributed by atoms with Crippen LogP contribution in [0.4, 0.5) is 0 Å². The quantitative estimate of drug-likeness (QED) is 0.0355. The molecule has 10 aromatic carbocycles. The number of phenolic OH excluding ortho intramolecular Hbond substituents is 1. The molecule has 5 atom stereocenters. The van der Waals surface area contributed by atoms with Gasteiger partial charge in [-0.2, -0.15) is 0 Å². The lowest BCUT2D eigenvalue weighted by Gasteiger charge is -2.20. The van der Waals surface area contributed by atoms with Crippen molar-refractivity contribution in [2.24, 2.45) is 0 Å². The van der Waals surface area contributed by atoms with Gasteiger partial charge in [0.15, 0.2) is 18.9 Å². The largest absolute Gasteiger partial charge is 0.507 e. The Hall–Kier alpha value is -8.92. The van der Waals surface area contributed by atoms with E-state index in [1.54, 1.807) is 36.4 Å². The van der Waals surface area contributed by atoms with E-state index in [2.05, 4.69) is 116 Å². The lowest BCUT2D eigenvalue weighted by Crippen LogP contribution is -2.39. The smallest absolute Gasteiger partial charge is 0.323 e. The Morgan fingerprint density at radius 3 is 1.18 bits per heavy atom. The number of carboxylic acid groups (broad SMARTS) is 1. The minimum absolute atomic E-state index is 0.0449. The van der Waals surface area contributed by atoms with Gasteiger partial charge in [-0.25, -0.2) is 0 Å². The Morgan fingerprint density at radius 2 is 0.796 bits per heavy atom. The summed E-state index contributed by atoms with van der Waals surface area (Å²) < 4.78 is 43.8. The number of aliphatic hydroxyl groups is 2. The number of rotatable bonds is 24. The lowest BCUT2D eigenvalue weighted by molar-refractivity contribution is -0.140. The van der Waals surface area contributed by atoms with Crippen molar-refractivity contribution in [1.29, 1.82) is 0 Å². The monoisotopic (exact) mass is 1670 g/mol. The summed E-state index contributed by atoms with van der Waals surface area (Å²) in [5, 5.41) is 39.5. The van der Waals surface area contributed by atoms with Crippen LogP contribution < -0.4 is 38.5 Å². The molecule has 0 saturated heterocycles. The summed E-state index contributed by atoms with van der Waals surface area (Å²) in [5.41, 5.74) is 16.4. The zero-order chi connectivity index (χ0) is 77.0. The van der Waals surface area contributed by atoms with Crippen LogP contribution in [0.1, 0.15) is 152 Å². The molecule has 0 aliphatic heterocycles. The third-order valence-electron chi connectivity index (χ3n) is 18.6. The first-order valence-corrected chi connectivity index (χ1v) is 38.4. The molecule has 4 aliphatic rings. The van der Waals surface area contributed by atoms with Gasteiger partial charge in [-0.3, -0.25) is 24.5 Å². The molecule has 0 amide bonds. The van der Waals surface area contributed by atoms with Gasteiger partial charge < -0.3 is 53.6 Å². The molecule has 0 bridgehead atoms. The lowest BCUT2D eigenvalue weighted by atomic mass is 9.97. The Labute approximate surface area is 665 Å². The molecule has 4 aliphatic carbocycles. The molecule has 0 aromatic heterocycles. The molecule has 0 heterocycles. The molecular weight excluding hydrogens is 1590 g/mol. The van der Waals surface area contributed by atoms with Crippen molar-refractivity contribution in [2.45, 2.75) is 109 Å². The molecule has 0 radical (unpaired) electrons. The van der Waals surface area contributed by atoms with Gasteiger partial charge in [0.1, 0.15) is 76.5 Å². The highest BCUT2D eigenvalue weighted by Gasteiger charge is 2.32. The van der Waals surface area contributed by atoms with E-state index < -0.39 is 18.6 Å². The van der Waals surface area contributed by atoms with Gasteiger partial charge in [0, 0.05) is 52.4 Å². The van der Waals surface area contributed by atoms with Crippen LogP contribution in [-0.4, -0.2) is 84.8 Å². The third kappa shape index (κ3) is 19.7. The molecule has 22 heteroatoms. The number of aldehydes is 3. The maximum Gasteiger partial charge on any atom is 0.323 e. The van der Waals surface area contributed by atoms with E-state index in [1.807, 2.05) is 75.4 Å². The van der Waals surface area contributed by atoms with Crippen molar-refractivity contribution >= 4 is 103 Å². The predicted octanol–water partition coefficient (Wildman–Crippen LogP) is 21.0. The summed E-state index contributed by atoms with van der Waals surface area (Å²) in [6.07, 6.45) is 8.94. The molecule has 0 spiro atoms. The van der Waals surface area contributed by atoms with Gasteiger partial charge in [-0.15, -0.1) is 0 Å². The van der Waals surface area contributed by atoms with Crippen LogP contribution in [0.25, 0.3) is 22.3 Å². The average molecular weight is 1670 g/mol. The zero-order valence-electron chi connectivity index (χ0n) is 59.7. The molecule has 16 nitrogen and oxygen atoms in total. The summed E-state index contributed by atoms with van der Waals surface area (Å²) >= 11 is 32.5. The average Bonchev–Trinajstić information content (AvgIpc) is 1.64. The van der Waals surface area contributed by atoms with Crippen molar-refractivity contribution in [3.05, 3.63) is 278 Å². The first-order valence-electron chi connectivity index (χ1n) is 35.3. The molecule has 0 saturated carbocycles. The first kappa shape index (κ1) is 81.6. The maximum atomic E-state index is 11.3. The van der Waals surface area contributed by atoms with Crippen LogP contribution in [0, 0.1) is 0 Å². The van der Waals surface area contributed by atoms with Crippen molar-refractivity contribution < 1.29 is 72.8 Å². The number of hydrogen-bond acceptors (Lipinski definition) is 15. The van der Waals surface area contributed by atoms with Gasteiger partial charge in [-0.05, 0) is 175 Å². The maximum absolute atomic E-state index is 11.3. The summed E-state index contributed by atoms with van der Waals surface area (Å²) in [6.45, 7) is 6.66. The molecule has 14 rings (SSSR count). The fraction of sp³-hybridized carbons (Fsp3) is 0.256. The number of fused-ring (bicyclic) bond motifs is 4. The normalized spacial score (nSPS) is 15.5. The number of nitrogens with one attached hydrogen (secondary N) is 1. The van der Waals surface area contributed by atoms with Crippen molar-refractivity contribution in [3.63, 3.8) is 0 Å². The molecular formula is C86H81Br2Cl4NO15. The van der Waals surface area contributed by atoms with Gasteiger partial charge in [0.2, 0.25) is 0 Å². The van der Waals surface area contributed by atoms with Crippen molar-refractivity contribution in [1.82, 2.24) is 5.32 Å². The highest BCUT2D eigenvalue weighted by atomic mass is 79.9. The number of hydrogen-bond donors (Lipinski definition) is 5. The van der Waals surface area contributed by atoms with Crippen LogP contribution in [0.5, 0.6) is 46.0 Å². The molecule has 10 aromatic rings. The van der Waals surface area contributed by atoms with E-state index in [0.717, 1.165) is 91.1 Å². The van der Waals surface area contributed by atoms with Crippen LogP contribution in [0.2, 0.25) is 20.1 Å². The Morgan fingerprint density at radius 1 is 0.454 bits per heavy atom. The number of carbonyl (C=O) groups excluding carboxylic acids is 3. The fourth-order valence-electron chi connectivity index (χ4n) is 13.6. The van der Waals surface area contributed by atoms with E-state index in [4.69, 9.17) is 89.8 Å². The van der Waals surface area contributed by atoms with E-state index in [0.29, 0.717) is 103 Å². The highest BCUT2D eigenvalue weighted by Crippen LogP contribution is 2.47. The standard InChI is InChI=1S/C27H28ClNO5.C24H21ClO3.C18H16BrClO3.C16H12BrClO3.CH4O/c1-2-33-25-14-26(22(28)13-18(25)15-29-23(16-30)27(31)32)34-24-12-11-20-19(9-6-10-21(20)24)17-7-4-3-5-8-17;1-2-27-23-14-24(21(25)13-17(23)15-26)28-22-12-11-19-18(9-6-10-20(19)22)16-7-4-3-5-8-16;1-2-22-17-9-18(15(20)8-11(17)10-21)23-16-7-6-12-13(16)4-3-5-14(12)19;17-12-3-1-2-11-10(12)4-5-15(11)21-16-7-14(20)9(8-19)6-13(16)18;1-2/h3-10,13-14,23-24,29-30H,2,11-12,15-16H2,1H3,(H,31,32);3-10,13-15,22H,2,11-12H2,1H3;3-5,8-10,16H,2,6-7H2,1H3;1-3,6-8,15,20H,4-5H2;2H,1H3/t23-,24-;22-;16-;15-;/m0000./s1.